The van der Waals surface area contributed by atoms with Crippen molar-refractivity contribution in [3.8, 4) is 11.5 Å². The van der Waals surface area contributed by atoms with Gasteiger partial charge in [0.25, 0.3) is 0 Å². The molecule has 142 valence electrons. The molecule has 0 radical (unpaired) electrons. The van der Waals surface area contributed by atoms with E-state index in [2.05, 4.69) is 0 Å². The second-order valence-electron chi connectivity index (χ2n) is 5.52. The van der Waals surface area contributed by atoms with Gasteiger partial charge in [0.1, 0.15) is 5.82 Å². The van der Waals surface area contributed by atoms with Crippen molar-refractivity contribution in [2.45, 2.75) is 13.0 Å². The molecular weight excluding hydrogens is 375 g/mol. The molecule has 7 heteroatoms. The zero-order valence-corrected chi connectivity index (χ0v) is 15.7. The molecule has 0 unspecified atom stereocenters. The first-order valence-corrected chi connectivity index (χ1v) is 8.33. The predicted octanol–water partition coefficient (Wildman–Crippen LogP) is 4.32. The van der Waals surface area contributed by atoms with Crippen LogP contribution in [0.3, 0.4) is 0 Å². The number of ketones is 1. The lowest BCUT2D eigenvalue weighted by atomic mass is 10.1. The van der Waals surface area contributed by atoms with Crippen LogP contribution in [-0.4, -0.2) is 32.1 Å². The van der Waals surface area contributed by atoms with E-state index in [0.29, 0.717) is 22.1 Å². The topological polar surface area (TPSA) is 61.8 Å². The van der Waals surface area contributed by atoms with Crippen molar-refractivity contribution in [1.29, 1.82) is 0 Å². The van der Waals surface area contributed by atoms with E-state index in [4.69, 9.17) is 25.8 Å². The van der Waals surface area contributed by atoms with Crippen LogP contribution in [0.2, 0.25) is 5.02 Å². The van der Waals surface area contributed by atoms with Crippen LogP contribution < -0.4 is 9.47 Å². The highest BCUT2D eigenvalue weighted by atomic mass is 35.5. The number of carbonyl (C=O) groups excluding carboxylic acids is 2. The van der Waals surface area contributed by atoms with Gasteiger partial charge in [0.2, 0.25) is 5.78 Å². The van der Waals surface area contributed by atoms with Crippen LogP contribution in [0.4, 0.5) is 4.39 Å². The lowest BCUT2D eigenvalue weighted by Crippen LogP contribution is -2.23. The zero-order chi connectivity index (χ0) is 20.0. The minimum Gasteiger partial charge on any atom is -0.493 e. The predicted molar refractivity (Wildman–Crippen MR) is 99.9 cm³/mol. The molecule has 0 aromatic heterocycles. The van der Waals surface area contributed by atoms with Crippen LogP contribution >= 0.6 is 11.6 Å². The molecule has 0 aliphatic heterocycles. The third-order valence-electron chi connectivity index (χ3n) is 3.66. The number of hydrogen-bond donors (Lipinski definition) is 0. The maximum atomic E-state index is 12.9. The van der Waals surface area contributed by atoms with Crippen molar-refractivity contribution in [3.63, 3.8) is 0 Å². The van der Waals surface area contributed by atoms with Crippen LogP contribution in [0.5, 0.6) is 11.5 Å². The normalized spacial score (nSPS) is 11.9. The van der Waals surface area contributed by atoms with Crippen molar-refractivity contribution in [3.05, 3.63) is 64.4 Å². The molecular formula is C20H18ClFO5. The summed E-state index contributed by atoms with van der Waals surface area (Å²) in [6.45, 7) is 1.45. The molecule has 2 aromatic carbocycles. The van der Waals surface area contributed by atoms with Gasteiger partial charge in [0.05, 0.1) is 19.2 Å². The summed E-state index contributed by atoms with van der Waals surface area (Å²) in [5.74, 6) is -0.780. The summed E-state index contributed by atoms with van der Waals surface area (Å²) in [5, 5.41) is 0.324. The molecule has 0 aliphatic rings. The van der Waals surface area contributed by atoms with E-state index in [1.165, 1.54) is 57.6 Å². The molecule has 27 heavy (non-hydrogen) atoms. The summed E-state index contributed by atoms with van der Waals surface area (Å²) >= 11 is 6.11. The first kappa shape index (κ1) is 20.5. The van der Waals surface area contributed by atoms with Crippen molar-refractivity contribution < 1.29 is 28.2 Å². The van der Waals surface area contributed by atoms with Crippen LogP contribution in [0.1, 0.15) is 22.8 Å². The molecule has 2 rings (SSSR count). The Labute approximate surface area is 161 Å². The van der Waals surface area contributed by atoms with Gasteiger partial charge in [-0.1, -0.05) is 11.6 Å². The third-order valence-corrected chi connectivity index (χ3v) is 3.94. The van der Waals surface area contributed by atoms with E-state index in [-0.39, 0.29) is 5.56 Å². The number of benzene rings is 2. The van der Waals surface area contributed by atoms with Gasteiger partial charge in [-0.15, -0.1) is 0 Å². The molecule has 5 nitrogen and oxygen atoms in total. The smallest absolute Gasteiger partial charge is 0.331 e. The second-order valence-corrected chi connectivity index (χ2v) is 5.93. The molecule has 0 saturated carbocycles. The Kier molecular flexibility index (Phi) is 6.96. The number of carbonyl (C=O) groups is 2. The van der Waals surface area contributed by atoms with E-state index in [9.17, 15) is 14.0 Å². The molecule has 0 aliphatic carbocycles. The van der Waals surface area contributed by atoms with E-state index < -0.39 is 23.7 Å². The van der Waals surface area contributed by atoms with Gasteiger partial charge in [-0.2, -0.15) is 0 Å². The SMILES string of the molecule is COc1cc(/C=C/C(=O)O[C@H](C)C(=O)c2ccc(F)cc2)cc(Cl)c1OC. The average Bonchev–Trinajstić information content (AvgIpc) is 2.65. The summed E-state index contributed by atoms with van der Waals surface area (Å²) < 4.78 is 28.3. The van der Waals surface area contributed by atoms with Crippen molar-refractivity contribution in [1.82, 2.24) is 0 Å². The molecule has 0 saturated heterocycles. The Morgan fingerprint density at radius 2 is 1.78 bits per heavy atom. The molecule has 0 bridgehead atoms. The van der Waals surface area contributed by atoms with Gasteiger partial charge in [0.15, 0.2) is 17.6 Å². The van der Waals surface area contributed by atoms with E-state index in [1.54, 1.807) is 12.1 Å². The third kappa shape index (κ3) is 5.31. The van der Waals surface area contributed by atoms with Crippen LogP contribution in [0, 0.1) is 5.82 Å². The highest BCUT2D eigenvalue weighted by molar-refractivity contribution is 6.32. The minimum absolute atomic E-state index is 0.257. The van der Waals surface area contributed by atoms with E-state index >= 15 is 0 Å². The summed E-state index contributed by atoms with van der Waals surface area (Å²) in [6.07, 6.45) is 1.64. The Balaban J connectivity index is 2.05. The molecule has 0 fully saturated rings. The van der Waals surface area contributed by atoms with Gasteiger partial charge in [0, 0.05) is 11.6 Å². The first-order chi connectivity index (χ1) is 12.8. The number of methoxy groups -OCH3 is 2. The van der Waals surface area contributed by atoms with Crippen molar-refractivity contribution >= 4 is 29.4 Å². The fourth-order valence-electron chi connectivity index (χ4n) is 2.31. The zero-order valence-electron chi connectivity index (χ0n) is 15.0. The summed E-state index contributed by atoms with van der Waals surface area (Å²) in [7, 11) is 2.94. The molecule has 2 aromatic rings. The number of hydrogen-bond acceptors (Lipinski definition) is 5. The number of ether oxygens (including phenoxy) is 3. The molecule has 0 spiro atoms. The molecule has 1 atom stereocenters. The van der Waals surface area contributed by atoms with E-state index in [1.807, 2.05) is 0 Å². The second kappa shape index (κ2) is 9.19. The summed E-state index contributed by atoms with van der Waals surface area (Å²) in [6, 6.07) is 8.25. The maximum Gasteiger partial charge on any atom is 0.331 e. The Hall–Kier alpha value is -2.86. The monoisotopic (exact) mass is 392 g/mol. The summed E-state index contributed by atoms with van der Waals surface area (Å²) in [5.41, 5.74) is 0.847. The minimum atomic E-state index is -1.01. The van der Waals surface area contributed by atoms with Crippen LogP contribution in [0.25, 0.3) is 6.08 Å². The highest BCUT2D eigenvalue weighted by Gasteiger charge is 2.18. The Bertz CT molecular complexity index is 861. The van der Waals surface area contributed by atoms with Gasteiger partial charge < -0.3 is 14.2 Å². The van der Waals surface area contributed by atoms with Gasteiger partial charge in [-0.3, -0.25) is 4.79 Å². The fraction of sp³-hybridized carbons (Fsp3) is 0.200. The first-order valence-electron chi connectivity index (χ1n) is 7.95. The fourth-order valence-corrected chi connectivity index (χ4v) is 2.61. The lowest BCUT2D eigenvalue weighted by molar-refractivity contribution is -0.140. The largest absolute Gasteiger partial charge is 0.493 e. The van der Waals surface area contributed by atoms with E-state index in [0.717, 1.165) is 0 Å². The van der Waals surface area contributed by atoms with Crippen molar-refractivity contribution in [2.24, 2.45) is 0 Å². The standard InChI is InChI=1S/C20H18ClFO5/c1-12(19(24)14-5-7-15(22)8-6-14)27-18(23)9-4-13-10-16(21)20(26-3)17(11-13)25-2/h4-12H,1-3H3/b9-4+/t12-/m1/s1. The highest BCUT2D eigenvalue weighted by Crippen LogP contribution is 2.36. The molecule has 0 heterocycles. The van der Waals surface area contributed by atoms with Gasteiger partial charge >= 0.3 is 5.97 Å². The molecule has 0 N–H and O–H groups in total. The summed E-state index contributed by atoms with van der Waals surface area (Å²) in [4.78, 5) is 24.2. The van der Waals surface area contributed by atoms with Crippen LogP contribution in [-0.2, 0) is 9.53 Å². The maximum absolute atomic E-state index is 12.9. The van der Waals surface area contributed by atoms with Gasteiger partial charge in [-0.25, -0.2) is 9.18 Å². The average molecular weight is 393 g/mol. The van der Waals surface area contributed by atoms with Crippen LogP contribution in [0.15, 0.2) is 42.5 Å². The quantitative estimate of drug-likeness (QED) is 0.399. The molecule has 0 amide bonds. The lowest BCUT2D eigenvalue weighted by Gasteiger charge is -2.11. The van der Waals surface area contributed by atoms with Gasteiger partial charge in [-0.05, 0) is 55.0 Å². The number of halogens is 2. The Morgan fingerprint density at radius 3 is 2.37 bits per heavy atom. The number of Topliss-reactive ketones (excluding diaryl/α,β-unsaturated/α-hetero) is 1. The van der Waals surface area contributed by atoms with Crippen molar-refractivity contribution in [2.75, 3.05) is 14.2 Å². The number of rotatable bonds is 7. The number of esters is 1. The Morgan fingerprint density at radius 1 is 1.11 bits per heavy atom.